The van der Waals surface area contributed by atoms with E-state index in [0.717, 1.165) is 15.7 Å². The SMILES string of the molecule is S=C1NC(c2ccc(Br)cc2)=C[C@H](c2ccccc2)N1. The molecule has 0 radical (unpaired) electrons. The van der Waals surface area contributed by atoms with Gasteiger partial charge in [0.1, 0.15) is 0 Å². The van der Waals surface area contributed by atoms with E-state index in [9.17, 15) is 0 Å². The summed E-state index contributed by atoms with van der Waals surface area (Å²) in [5.74, 6) is 0. The molecule has 0 aliphatic carbocycles. The van der Waals surface area contributed by atoms with Crippen molar-refractivity contribution in [1.29, 1.82) is 0 Å². The van der Waals surface area contributed by atoms with E-state index in [-0.39, 0.29) is 6.04 Å². The van der Waals surface area contributed by atoms with Crippen molar-refractivity contribution in [2.75, 3.05) is 0 Å². The molecule has 1 aliphatic rings. The predicted octanol–water partition coefficient (Wildman–Crippen LogP) is 4.01. The van der Waals surface area contributed by atoms with Crippen LogP contribution in [0.25, 0.3) is 5.70 Å². The van der Waals surface area contributed by atoms with Crippen LogP contribution in [0.3, 0.4) is 0 Å². The average molecular weight is 345 g/mol. The van der Waals surface area contributed by atoms with E-state index in [4.69, 9.17) is 12.2 Å². The molecule has 2 nitrogen and oxygen atoms in total. The quantitative estimate of drug-likeness (QED) is 0.805. The molecule has 2 N–H and O–H groups in total. The molecule has 1 heterocycles. The van der Waals surface area contributed by atoms with Gasteiger partial charge < -0.3 is 10.6 Å². The van der Waals surface area contributed by atoms with Crippen LogP contribution in [0.1, 0.15) is 17.2 Å². The van der Waals surface area contributed by atoms with Crippen molar-refractivity contribution in [3.8, 4) is 0 Å². The summed E-state index contributed by atoms with van der Waals surface area (Å²) in [7, 11) is 0. The Labute approximate surface area is 132 Å². The van der Waals surface area contributed by atoms with Gasteiger partial charge in [-0.15, -0.1) is 0 Å². The summed E-state index contributed by atoms with van der Waals surface area (Å²) in [6.07, 6.45) is 2.16. The van der Waals surface area contributed by atoms with E-state index in [2.05, 4.69) is 56.9 Å². The van der Waals surface area contributed by atoms with E-state index in [1.807, 2.05) is 30.3 Å². The lowest BCUT2D eigenvalue weighted by Crippen LogP contribution is -2.40. The molecule has 0 saturated carbocycles. The Bertz CT molecular complexity index is 650. The first-order chi connectivity index (χ1) is 9.72. The summed E-state index contributed by atoms with van der Waals surface area (Å²) < 4.78 is 1.07. The van der Waals surface area contributed by atoms with Gasteiger partial charge in [0.25, 0.3) is 0 Å². The average Bonchev–Trinajstić information content (AvgIpc) is 2.48. The molecule has 0 fully saturated rings. The minimum atomic E-state index is 0.101. The van der Waals surface area contributed by atoms with Crippen LogP contribution in [-0.4, -0.2) is 5.11 Å². The molecule has 3 rings (SSSR count). The van der Waals surface area contributed by atoms with Gasteiger partial charge in [-0.3, -0.25) is 0 Å². The zero-order chi connectivity index (χ0) is 13.9. The molecule has 2 aromatic rings. The highest BCUT2D eigenvalue weighted by Gasteiger charge is 2.17. The van der Waals surface area contributed by atoms with Gasteiger partial charge in [-0.2, -0.15) is 0 Å². The first-order valence-electron chi connectivity index (χ1n) is 6.32. The number of benzene rings is 2. The molecule has 0 bridgehead atoms. The Hall–Kier alpha value is -1.65. The second-order valence-corrected chi connectivity index (χ2v) is 5.90. The highest BCUT2D eigenvalue weighted by atomic mass is 79.9. The Morgan fingerprint density at radius 2 is 1.65 bits per heavy atom. The van der Waals surface area contributed by atoms with Gasteiger partial charge in [0.2, 0.25) is 0 Å². The number of hydrogen-bond acceptors (Lipinski definition) is 1. The highest BCUT2D eigenvalue weighted by Crippen LogP contribution is 2.24. The van der Waals surface area contributed by atoms with Gasteiger partial charge in [0, 0.05) is 10.2 Å². The minimum Gasteiger partial charge on any atom is -0.352 e. The van der Waals surface area contributed by atoms with Gasteiger partial charge >= 0.3 is 0 Å². The first-order valence-corrected chi connectivity index (χ1v) is 7.53. The van der Waals surface area contributed by atoms with Gasteiger partial charge in [0.15, 0.2) is 5.11 Å². The summed E-state index contributed by atoms with van der Waals surface area (Å²) in [6, 6.07) is 18.6. The monoisotopic (exact) mass is 344 g/mol. The lowest BCUT2D eigenvalue weighted by molar-refractivity contribution is 0.765. The van der Waals surface area contributed by atoms with Gasteiger partial charge in [0.05, 0.1) is 6.04 Å². The van der Waals surface area contributed by atoms with Crippen molar-refractivity contribution in [2.24, 2.45) is 0 Å². The molecule has 0 spiro atoms. The van der Waals surface area contributed by atoms with Crippen molar-refractivity contribution in [2.45, 2.75) is 6.04 Å². The summed E-state index contributed by atoms with van der Waals surface area (Å²) in [5, 5.41) is 7.15. The van der Waals surface area contributed by atoms with E-state index in [1.54, 1.807) is 0 Å². The third kappa shape index (κ3) is 2.92. The molecule has 0 amide bonds. The molecule has 0 unspecified atom stereocenters. The number of hydrogen-bond donors (Lipinski definition) is 2. The standard InChI is InChI=1S/C16H13BrN2S/c17-13-8-6-12(7-9-13)15-10-14(18-16(20)19-15)11-4-2-1-3-5-11/h1-10,14H,(H2,18,19,20)/t14-/m1/s1. The largest absolute Gasteiger partial charge is 0.352 e. The zero-order valence-electron chi connectivity index (χ0n) is 10.6. The molecule has 0 saturated heterocycles. The van der Waals surface area contributed by atoms with Gasteiger partial charge in [-0.1, -0.05) is 58.4 Å². The fourth-order valence-electron chi connectivity index (χ4n) is 2.19. The Morgan fingerprint density at radius 3 is 2.35 bits per heavy atom. The van der Waals surface area contributed by atoms with Crippen molar-refractivity contribution in [3.63, 3.8) is 0 Å². The van der Waals surface area contributed by atoms with Crippen molar-refractivity contribution >= 4 is 39.0 Å². The van der Waals surface area contributed by atoms with Crippen LogP contribution in [0.2, 0.25) is 0 Å². The maximum Gasteiger partial charge on any atom is 0.171 e. The number of nitrogens with one attached hydrogen (secondary N) is 2. The van der Waals surface area contributed by atoms with E-state index in [0.29, 0.717) is 5.11 Å². The summed E-state index contributed by atoms with van der Waals surface area (Å²) in [6.45, 7) is 0. The molecule has 1 atom stereocenters. The molecular formula is C16H13BrN2S. The minimum absolute atomic E-state index is 0.101. The molecular weight excluding hydrogens is 332 g/mol. The third-order valence-corrected chi connectivity index (χ3v) is 3.93. The third-order valence-electron chi connectivity index (χ3n) is 3.18. The van der Waals surface area contributed by atoms with Crippen LogP contribution in [0.4, 0.5) is 0 Å². The summed E-state index contributed by atoms with van der Waals surface area (Å²) in [4.78, 5) is 0. The van der Waals surface area contributed by atoms with Crippen molar-refractivity contribution in [3.05, 3.63) is 76.3 Å². The van der Waals surface area contributed by atoms with Crippen LogP contribution in [-0.2, 0) is 0 Å². The summed E-state index contributed by atoms with van der Waals surface area (Å²) in [5.41, 5.74) is 3.36. The van der Waals surface area contributed by atoms with E-state index >= 15 is 0 Å². The maximum atomic E-state index is 5.31. The smallest absolute Gasteiger partial charge is 0.171 e. The first kappa shape index (κ1) is 13.3. The second-order valence-electron chi connectivity index (χ2n) is 4.57. The normalized spacial score (nSPS) is 17.9. The van der Waals surface area contributed by atoms with E-state index < -0.39 is 0 Å². The molecule has 1 aliphatic heterocycles. The van der Waals surface area contributed by atoms with Crippen LogP contribution in [0.5, 0.6) is 0 Å². The molecule has 20 heavy (non-hydrogen) atoms. The van der Waals surface area contributed by atoms with Crippen LogP contribution in [0, 0.1) is 0 Å². The summed E-state index contributed by atoms with van der Waals surface area (Å²) >= 11 is 8.77. The van der Waals surface area contributed by atoms with Crippen LogP contribution >= 0.6 is 28.1 Å². The van der Waals surface area contributed by atoms with Crippen molar-refractivity contribution in [1.82, 2.24) is 10.6 Å². The van der Waals surface area contributed by atoms with Gasteiger partial charge in [-0.25, -0.2) is 0 Å². The predicted molar refractivity (Wildman–Crippen MR) is 90.2 cm³/mol. The fraction of sp³-hybridized carbons (Fsp3) is 0.0625. The number of halogens is 1. The van der Waals surface area contributed by atoms with Gasteiger partial charge in [-0.05, 0) is 41.6 Å². The molecule has 4 heteroatoms. The second kappa shape index (κ2) is 5.77. The van der Waals surface area contributed by atoms with Crippen molar-refractivity contribution < 1.29 is 0 Å². The Kier molecular flexibility index (Phi) is 3.85. The number of thiocarbonyl (C=S) groups is 1. The molecule has 2 aromatic carbocycles. The molecule has 0 aromatic heterocycles. The lowest BCUT2D eigenvalue weighted by Gasteiger charge is -2.26. The zero-order valence-corrected chi connectivity index (χ0v) is 13.0. The lowest BCUT2D eigenvalue weighted by atomic mass is 10.0. The topological polar surface area (TPSA) is 24.1 Å². The Morgan fingerprint density at radius 1 is 0.950 bits per heavy atom. The Balaban J connectivity index is 1.96. The van der Waals surface area contributed by atoms with Crippen LogP contribution < -0.4 is 10.6 Å². The highest BCUT2D eigenvalue weighted by molar-refractivity contribution is 9.10. The maximum absolute atomic E-state index is 5.31. The van der Waals surface area contributed by atoms with E-state index in [1.165, 1.54) is 5.56 Å². The molecule has 100 valence electrons. The fourth-order valence-corrected chi connectivity index (χ4v) is 2.69. The number of rotatable bonds is 2. The van der Waals surface area contributed by atoms with Crippen LogP contribution in [0.15, 0.2) is 65.1 Å².